The van der Waals surface area contributed by atoms with Crippen molar-refractivity contribution in [3.8, 4) is 17.2 Å². The van der Waals surface area contributed by atoms with Crippen LogP contribution in [-0.4, -0.2) is 55.1 Å². The van der Waals surface area contributed by atoms with Crippen molar-refractivity contribution in [2.45, 2.75) is 46.7 Å². The summed E-state index contributed by atoms with van der Waals surface area (Å²) in [5, 5.41) is 9.29. The van der Waals surface area contributed by atoms with E-state index in [2.05, 4.69) is 4.98 Å². The van der Waals surface area contributed by atoms with Gasteiger partial charge >= 0.3 is 5.97 Å². The molecule has 9 heteroatoms. The quantitative estimate of drug-likeness (QED) is 0.397. The summed E-state index contributed by atoms with van der Waals surface area (Å²) in [6.45, 7) is 8.04. The van der Waals surface area contributed by atoms with Gasteiger partial charge in [-0.05, 0) is 57.5 Å². The Kier molecular flexibility index (Phi) is 9.20. The Bertz CT molecular complexity index is 1160. The van der Waals surface area contributed by atoms with Gasteiger partial charge in [0.05, 0.1) is 12.3 Å². The molecule has 0 spiro atoms. The smallest absolute Gasteiger partial charge is 0.318 e. The molecule has 0 fully saturated rings. The fourth-order valence-corrected chi connectivity index (χ4v) is 4.57. The molecule has 35 heavy (non-hydrogen) atoms. The maximum absolute atomic E-state index is 12.8. The number of carboxylic acid groups (broad SMARTS) is 1. The second-order valence-corrected chi connectivity index (χ2v) is 10.3. The maximum Gasteiger partial charge on any atom is 0.318 e. The SMILES string of the molecule is Cc1ccc(-c2nc(CCOc3cccc(CN(CC(=O)O)S(=O)N(C)C(C)C)c3)c(C)o2)cc1. The number of hydrogen-bond donors (Lipinski definition) is 1. The summed E-state index contributed by atoms with van der Waals surface area (Å²) in [6.07, 6.45) is 0.583. The molecule has 0 bridgehead atoms. The van der Waals surface area contributed by atoms with Crippen LogP contribution in [0.1, 0.15) is 36.4 Å². The van der Waals surface area contributed by atoms with Crippen LogP contribution in [0.15, 0.2) is 52.9 Å². The largest absolute Gasteiger partial charge is 0.493 e. The molecular formula is C26H33N3O5S. The summed E-state index contributed by atoms with van der Waals surface area (Å²) in [5.41, 5.74) is 3.77. The van der Waals surface area contributed by atoms with Crippen molar-refractivity contribution < 1.29 is 23.3 Å². The molecule has 1 aromatic heterocycles. The maximum atomic E-state index is 12.8. The molecule has 3 rings (SSSR count). The molecule has 0 saturated carbocycles. The fourth-order valence-electron chi connectivity index (χ4n) is 3.36. The van der Waals surface area contributed by atoms with Crippen LogP contribution < -0.4 is 4.74 Å². The van der Waals surface area contributed by atoms with Crippen molar-refractivity contribution in [1.82, 2.24) is 13.6 Å². The number of ether oxygens (including phenoxy) is 1. The van der Waals surface area contributed by atoms with Crippen molar-refractivity contribution >= 4 is 17.1 Å². The van der Waals surface area contributed by atoms with Crippen LogP contribution in [0.5, 0.6) is 5.75 Å². The van der Waals surface area contributed by atoms with Gasteiger partial charge < -0.3 is 14.3 Å². The van der Waals surface area contributed by atoms with Crippen LogP contribution in [0.4, 0.5) is 0 Å². The summed E-state index contributed by atoms with van der Waals surface area (Å²) >= 11 is -1.58. The van der Waals surface area contributed by atoms with Crippen LogP contribution in [0.25, 0.3) is 11.5 Å². The van der Waals surface area contributed by atoms with Gasteiger partial charge in [-0.2, -0.15) is 4.31 Å². The molecular weight excluding hydrogens is 466 g/mol. The van der Waals surface area contributed by atoms with Crippen LogP contribution in [0, 0.1) is 13.8 Å². The number of aliphatic carboxylic acids is 1. The first-order chi connectivity index (χ1) is 16.6. The first-order valence-corrected chi connectivity index (χ1v) is 12.6. The minimum atomic E-state index is -1.58. The summed E-state index contributed by atoms with van der Waals surface area (Å²) in [4.78, 5) is 16.0. The summed E-state index contributed by atoms with van der Waals surface area (Å²) in [5.74, 6) is 0.980. The molecule has 0 aliphatic carbocycles. The zero-order valence-electron chi connectivity index (χ0n) is 20.9. The van der Waals surface area contributed by atoms with Gasteiger partial charge in [-0.3, -0.25) is 4.79 Å². The van der Waals surface area contributed by atoms with E-state index in [-0.39, 0.29) is 19.1 Å². The minimum absolute atomic E-state index is 0.00769. The van der Waals surface area contributed by atoms with Gasteiger partial charge in [-0.1, -0.05) is 29.8 Å². The van der Waals surface area contributed by atoms with E-state index in [1.165, 1.54) is 9.87 Å². The van der Waals surface area contributed by atoms with Gasteiger partial charge in [-0.25, -0.2) is 13.5 Å². The number of hydrogen-bond acceptors (Lipinski definition) is 5. The Hall–Kier alpha value is -3.01. The molecule has 0 aliphatic rings. The minimum Gasteiger partial charge on any atom is -0.493 e. The van der Waals surface area contributed by atoms with Gasteiger partial charge in [0.15, 0.2) is 11.2 Å². The second kappa shape index (κ2) is 12.1. The molecule has 0 aliphatic heterocycles. The standard InChI is InChI=1S/C26H33N3O5S/c1-18(2)28(5)35(32)29(17-25(30)31)16-21-7-6-8-23(15-21)33-14-13-24-20(4)34-26(27-24)22-11-9-19(3)10-12-22/h6-12,15,18H,13-14,16-17H2,1-5H3,(H,30,31). The van der Waals surface area contributed by atoms with Crippen molar-refractivity contribution in [2.24, 2.45) is 0 Å². The number of nitrogens with zero attached hydrogens (tertiary/aromatic N) is 3. The third-order valence-corrected chi connectivity index (χ3v) is 7.18. The van der Waals surface area contributed by atoms with E-state index < -0.39 is 17.1 Å². The van der Waals surface area contributed by atoms with E-state index in [1.54, 1.807) is 11.4 Å². The topological polar surface area (TPSA) is 96.1 Å². The highest BCUT2D eigenvalue weighted by Crippen LogP contribution is 2.23. The van der Waals surface area contributed by atoms with Crippen molar-refractivity contribution in [3.63, 3.8) is 0 Å². The number of carboxylic acids is 1. The van der Waals surface area contributed by atoms with E-state index in [4.69, 9.17) is 9.15 Å². The zero-order chi connectivity index (χ0) is 25.5. The summed E-state index contributed by atoms with van der Waals surface area (Å²) in [6, 6.07) is 15.4. The normalized spacial score (nSPS) is 12.5. The van der Waals surface area contributed by atoms with Gasteiger partial charge in [0.2, 0.25) is 5.89 Å². The third-order valence-electron chi connectivity index (χ3n) is 5.56. The number of carbonyl (C=O) groups is 1. The Morgan fingerprint density at radius 1 is 1.17 bits per heavy atom. The summed E-state index contributed by atoms with van der Waals surface area (Å²) < 4.78 is 27.7. The van der Waals surface area contributed by atoms with Crippen molar-refractivity contribution in [3.05, 3.63) is 71.1 Å². The molecule has 1 atom stereocenters. The highest BCUT2D eigenvalue weighted by atomic mass is 32.2. The average molecular weight is 500 g/mol. The first-order valence-electron chi connectivity index (χ1n) is 11.5. The molecule has 3 aromatic rings. The monoisotopic (exact) mass is 499 g/mol. The van der Waals surface area contributed by atoms with Crippen molar-refractivity contribution in [2.75, 3.05) is 20.2 Å². The lowest BCUT2D eigenvalue weighted by Crippen LogP contribution is -2.41. The van der Waals surface area contributed by atoms with E-state index in [9.17, 15) is 14.1 Å². The highest BCUT2D eigenvalue weighted by molar-refractivity contribution is 7.80. The number of aromatic nitrogens is 1. The zero-order valence-corrected chi connectivity index (χ0v) is 21.7. The van der Waals surface area contributed by atoms with E-state index in [0.29, 0.717) is 24.7 Å². The Labute approximate surface area is 209 Å². The van der Waals surface area contributed by atoms with Gasteiger partial charge in [0.25, 0.3) is 0 Å². The predicted octanol–water partition coefficient (Wildman–Crippen LogP) is 4.39. The third kappa shape index (κ3) is 7.48. The molecule has 1 N–H and O–H groups in total. The lowest BCUT2D eigenvalue weighted by Gasteiger charge is -2.27. The van der Waals surface area contributed by atoms with Crippen LogP contribution in [0.2, 0.25) is 0 Å². The lowest BCUT2D eigenvalue weighted by molar-refractivity contribution is -0.137. The molecule has 0 amide bonds. The number of aryl methyl sites for hydroxylation is 2. The molecule has 0 saturated heterocycles. The Morgan fingerprint density at radius 3 is 2.54 bits per heavy atom. The summed E-state index contributed by atoms with van der Waals surface area (Å²) in [7, 11) is 1.71. The fraction of sp³-hybridized carbons (Fsp3) is 0.385. The molecule has 188 valence electrons. The average Bonchev–Trinajstić information content (AvgIpc) is 3.18. The van der Waals surface area contributed by atoms with Crippen LogP contribution in [0.3, 0.4) is 0 Å². The van der Waals surface area contributed by atoms with Crippen molar-refractivity contribution in [1.29, 1.82) is 0 Å². The predicted molar refractivity (Wildman–Crippen MR) is 136 cm³/mol. The van der Waals surface area contributed by atoms with E-state index in [1.807, 2.05) is 76.2 Å². The van der Waals surface area contributed by atoms with Crippen LogP contribution in [-0.2, 0) is 28.9 Å². The van der Waals surface area contributed by atoms with E-state index in [0.717, 1.165) is 22.6 Å². The van der Waals surface area contributed by atoms with Crippen LogP contribution >= 0.6 is 0 Å². The Balaban J connectivity index is 1.62. The molecule has 0 radical (unpaired) electrons. The molecule has 1 heterocycles. The molecule has 2 aromatic carbocycles. The second-order valence-electron chi connectivity index (χ2n) is 8.70. The molecule has 1 unspecified atom stereocenters. The number of rotatable bonds is 12. The number of oxazole rings is 1. The Morgan fingerprint density at radius 2 is 1.89 bits per heavy atom. The van der Waals surface area contributed by atoms with Gasteiger partial charge in [0.1, 0.15) is 18.1 Å². The lowest BCUT2D eigenvalue weighted by atomic mass is 10.1. The molecule has 8 nitrogen and oxygen atoms in total. The van der Waals surface area contributed by atoms with Gasteiger partial charge in [-0.15, -0.1) is 0 Å². The highest BCUT2D eigenvalue weighted by Gasteiger charge is 2.23. The number of benzene rings is 2. The first kappa shape index (κ1) is 26.6. The van der Waals surface area contributed by atoms with Gasteiger partial charge in [0, 0.05) is 31.6 Å². The van der Waals surface area contributed by atoms with E-state index >= 15 is 0 Å².